The van der Waals surface area contributed by atoms with Crippen LogP contribution in [0.4, 0.5) is 0 Å². The van der Waals surface area contributed by atoms with E-state index in [4.69, 9.17) is 0 Å². The fraction of sp³-hybridized carbons (Fsp3) is 0.438. The first-order valence-corrected chi connectivity index (χ1v) is 7.53. The molecule has 3 rings (SSSR count). The number of nitrogens with zero attached hydrogens (tertiary/aromatic N) is 1. The van der Waals surface area contributed by atoms with E-state index in [-0.39, 0.29) is 23.9 Å². The second kappa shape index (κ2) is 5.79. The summed E-state index contributed by atoms with van der Waals surface area (Å²) in [6.07, 6.45) is 2.29. The number of nitrogens with one attached hydrogen (secondary N) is 3. The van der Waals surface area contributed by atoms with Crippen molar-refractivity contribution in [3.63, 3.8) is 0 Å². The second-order valence-electron chi connectivity index (χ2n) is 5.95. The number of pyridine rings is 1. The van der Waals surface area contributed by atoms with Crippen molar-refractivity contribution in [3.05, 3.63) is 51.2 Å². The van der Waals surface area contributed by atoms with E-state index >= 15 is 0 Å². The van der Waals surface area contributed by atoms with Gasteiger partial charge in [0.05, 0.1) is 18.2 Å². The third-order valence-electron chi connectivity index (χ3n) is 4.07. The SMILES string of the molecule is Cc1cccc(C(NC(=O)Cc2c(C)[nH][nH]c2=O)C2CC2)n1. The van der Waals surface area contributed by atoms with E-state index in [0.29, 0.717) is 17.2 Å². The van der Waals surface area contributed by atoms with Gasteiger partial charge in [-0.3, -0.25) is 19.7 Å². The summed E-state index contributed by atoms with van der Waals surface area (Å²) in [5, 5.41) is 8.28. The third-order valence-corrected chi connectivity index (χ3v) is 4.07. The van der Waals surface area contributed by atoms with E-state index in [0.717, 1.165) is 24.2 Å². The maximum atomic E-state index is 12.3. The van der Waals surface area contributed by atoms with Gasteiger partial charge in [-0.05, 0) is 44.7 Å². The Kier molecular flexibility index (Phi) is 3.83. The highest BCUT2D eigenvalue weighted by Gasteiger charge is 2.34. The monoisotopic (exact) mass is 300 g/mol. The normalized spacial score (nSPS) is 15.5. The van der Waals surface area contributed by atoms with Gasteiger partial charge in [0.15, 0.2) is 0 Å². The van der Waals surface area contributed by atoms with Crippen molar-refractivity contribution in [2.75, 3.05) is 0 Å². The fourth-order valence-corrected chi connectivity index (χ4v) is 2.67. The van der Waals surface area contributed by atoms with Crippen LogP contribution in [0.3, 0.4) is 0 Å². The van der Waals surface area contributed by atoms with Gasteiger partial charge < -0.3 is 10.4 Å². The number of aromatic amines is 2. The van der Waals surface area contributed by atoms with E-state index in [2.05, 4.69) is 20.5 Å². The molecule has 2 aromatic rings. The summed E-state index contributed by atoms with van der Waals surface area (Å²) in [7, 11) is 0. The van der Waals surface area contributed by atoms with Crippen molar-refractivity contribution in [2.24, 2.45) is 5.92 Å². The highest BCUT2D eigenvalue weighted by atomic mass is 16.2. The number of aryl methyl sites for hydroxylation is 2. The molecule has 1 aliphatic rings. The second-order valence-corrected chi connectivity index (χ2v) is 5.95. The lowest BCUT2D eigenvalue weighted by molar-refractivity contribution is -0.121. The molecule has 3 N–H and O–H groups in total. The molecule has 0 spiro atoms. The van der Waals surface area contributed by atoms with E-state index < -0.39 is 0 Å². The zero-order valence-electron chi connectivity index (χ0n) is 12.8. The lowest BCUT2D eigenvalue weighted by Crippen LogP contribution is -2.32. The lowest BCUT2D eigenvalue weighted by Gasteiger charge is -2.18. The predicted molar refractivity (Wildman–Crippen MR) is 82.4 cm³/mol. The Hall–Kier alpha value is -2.37. The van der Waals surface area contributed by atoms with Crippen LogP contribution < -0.4 is 10.9 Å². The van der Waals surface area contributed by atoms with Crippen LogP contribution in [0.1, 0.15) is 41.5 Å². The molecule has 1 atom stereocenters. The van der Waals surface area contributed by atoms with Crippen LogP contribution >= 0.6 is 0 Å². The number of hydrogen-bond donors (Lipinski definition) is 3. The average molecular weight is 300 g/mol. The van der Waals surface area contributed by atoms with Crippen molar-refractivity contribution < 1.29 is 4.79 Å². The lowest BCUT2D eigenvalue weighted by atomic mass is 10.1. The molecule has 6 heteroatoms. The molecular formula is C16H20N4O2. The molecule has 2 heterocycles. The fourth-order valence-electron chi connectivity index (χ4n) is 2.67. The van der Waals surface area contributed by atoms with Gasteiger partial charge in [0.2, 0.25) is 5.91 Å². The third kappa shape index (κ3) is 3.10. The van der Waals surface area contributed by atoms with Crippen LogP contribution in [-0.4, -0.2) is 21.1 Å². The molecule has 116 valence electrons. The minimum atomic E-state index is -0.232. The Labute approximate surface area is 128 Å². The molecule has 1 aliphatic carbocycles. The first-order chi connectivity index (χ1) is 10.5. The van der Waals surface area contributed by atoms with Crippen LogP contribution in [0.5, 0.6) is 0 Å². The zero-order valence-corrected chi connectivity index (χ0v) is 12.8. The maximum Gasteiger partial charge on any atom is 0.267 e. The summed E-state index contributed by atoms with van der Waals surface area (Å²) >= 11 is 0. The Morgan fingerprint density at radius 2 is 2.14 bits per heavy atom. The zero-order chi connectivity index (χ0) is 15.7. The Morgan fingerprint density at radius 1 is 1.36 bits per heavy atom. The molecule has 0 aliphatic heterocycles. The molecule has 1 unspecified atom stereocenters. The van der Waals surface area contributed by atoms with Gasteiger partial charge in [-0.25, -0.2) is 0 Å². The van der Waals surface area contributed by atoms with Crippen LogP contribution in [-0.2, 0) is 11.2 Å². The first-order valence-electron chi connectivity index (χ1n) is 7.53. The molecule has 1 saturated carbocycles. The maximum absolute atomic E-state index is 12.3. The number of rotatable bonds is 5. The van der Waals surface area contributed by atoms with E-state index in [1.165, 1.54) is 0 Å². The number of aromatic nitrogens is 3. The smallest absolute Gasteiger partial charge is 0.267 e. The molecule has 0 saturated heterocycles. The van der Waals surface area contributed by atoms with Crippen LogP contribution in [0.2, 0.25) is 0 Å². The summed E-state index contributed by atoms with van der Waals surface area (Å²) < 4.78 is 0. The molecule has 6 nitrogen and oxygen atoms in total. The molecule has 2 aromatic heterocycles. The molecule has 0 bridgehead atoms. The van der Waals surface area contributed by atoms with Gasteiger partial charge in [0.1, 0.15) is 0 Å². The summed E-state index contributed by atoms with van der Waals surface area (Å²) in [6, 6.07) is 5.79. The van der Waals surface area contributed by atoms with Gasteiger partial charge in [-0.1, -0.05) is 6.07 Å². The van der Waals surface area contributed by atoms with E-state index in [1.807, 2.05) is 25.1 Å². The Morgan fingerprint density at radius 3 is 2.73 bits per heavy atom. The number of H-pyrrole nitrogens is 2. The number of amides is 1. The number of carbonyl (C=O) groups is 1. The summed E-state index contributed by atoms with van der Waals surface area (Å²) in [5.74, 6) is 0.303. The molecular weight excluding hydrogens is 280 g/mol. The average Bonchev–Trinajstić information content (AvgIpc) is 3.27. The van der Waals surface area contributed by atoms with Gasteiger partial charge in [-0.2, -0.15) is 0 Å². The standard InChI is InChI=1S/C16H20N4O2/c1-9-4-3-5-13(17-9)15(11-6-7-11)18-14(21)8-12-10(2)19-20-16(12)22/h3-5,11,15H,6-8H2,1-2H3,(H,18,21)(H2,19,20,22). The topological polar surface area (TPSA) is 90.6 Å². The van der Waals surface area contributed by atoms with Gasteiger partial charge in [0, 0.05) is 17.0 Å². The Balaban J connectivity index is 1.74. The highest BCUT2D eigenvalue weighted by Crippen LogP contribution is 2.40. The van der Waals surface area contributed by atoms with Gasteiger partial charge in [-0.15, -0.1) is 0 Å². The molecule has 0 radical (unpaired) electrons. The van der Waals surface area contributed by atoms with Gasteiger partial charge in [0.25, 0.3) is 5.56 Å². The van der Waals surface area contributed by atoms with Gasteiger partial charge >= 0.3 is 0 Å². The van der Waals surface area contributed by atoms with Crippen molar-refractivity contribution >= 4 is 5.91 Å². The molecule has 22 heavy (non-hydrogen) atoms. The minimum Gasteiger partial charge on any atom is -0.347 e. The molecule has 1 fully saturated rings. The Bertz CT molecular complexity index is 743. The minimum absolute atomic E-state index is 0.0641. The van der Waals surface area contributed by atoms with Crippen LogP contribution in [0.25, 0.3) is 0 Å². The molecule has 0 aromatic carbocycles. The summed E-state index contributed by atoms with van der Waals surface area (Å²) in [6.45, 7) is 3.72. The van der Waals surface area contributed by atoms with Crippen molar-refractivity contribution in [3.8, 4) is 0 Å². The summed E-state index contributed by atoms with van der Waals surface area (Å²) in [5.41, 5.74) is 2.80. The van der Waals surface area contributed by atoms with E-state index in [9.17, 15) is 9.59 Å². The van der Waals surface area contributed by atoms with Crippen molar-refractivity contribution in [1.82, 2.24) is 20.5 Å². The quantitative estimate of drug-likeness (QED) is 0.782. The van der Waals surface area contributed by atoms with Crippen molar-refractivity contribution in [2.45, 2.75) is 39.2 Å². The summed E-state index contributed by atoms with van der Waals surface area (Å²) in [4.78, 5) is 28.5. The van der Waals surface area contributed by atoms with Crippen molar-refractivity contribution in [1.29, 1.82) is 0 Å². The highest BCUT2D eigenvalue weighted by molar-refractivity contribution is 5.79. The van der Waals surface area contributed by atoms with Crippen LogP contribution in [0, 0.1) is 19.8 Å². The number of hydrogen-bond acceptors (Lipinski definition) is 3. The first kappa shape index (κ1) is 14.6. The largest absolute Gasteiger partial charge is 0.347 e. The van der Waals surface area contributed by atoms with E-state index in [1.54, 1.807) is 6.92 Å². The number of carbonyl (C=O) groups excluding carboxylic acids is 1. The predicted octanol–water partition coefficient (Wildman–Crippen LogP) is 1.52. The molecule has 1 amide bonds. The van der Waals surface area contributed by atoms with Crippen LogP contribution in [0.15, 0.2) is 23.0 Å².